The van der Waals surface area contributed by atoms with Crippen molar-refractivity contribution in [1.82, 2.24) is 0 Å². The Morgan fingerprint density at radius 2 is 1.73 bits per heavy atom. The number of aliphatic hydroxyl groups excluding tert-OH is 1. The molecule has 1 N–H and O–H groups in total. The molecule has 1 heteroatoms. The Morgan fingerprint density at radius 3 is 2.33 bits per heavy atom. The zero-order valence-corrected chi connectivity index (χ0v) is 8.99. The van der Waals surface area contributed by atoms with Crippen LogP contribution in [0.5, 0.6) is 0 Å². The summed E-state index contributed by atoms with van der Waals surface area (Å²) in [7, 11) is 0. The molecule has 76 valence electrons. The van der Waals surface area contributed by atoms with Crippen LogP contribution in [-0.4, -0.2) is 11.2 Å². The SMILES string of the molecule is CC(C)[C@@H](O)C#CC#Cc1ccccc1. The van der Waals surface area contributed by atoms with Gasteiger partial charge in [0.1, 0.15) is 6.10 Å². The van der Waals surface area contributed by atoms with Gasteiger partial charge >= 0.3 is 0 Å². The Kier molecular flexibility index (Phi) is 4.48. The van der Waals surface area contributed by atoms with Gasteiger partial charge in [0.05, 0.1) is 0 Å². The van der Waals surface area contributed by atoms with Gasteiger partial charge in [-0.3, -0.25) is 0 Å². The van der Waals surface area contributed by atoms with Crippen LogP contribution in [0, 0.1) is 29.6 Å². The van der Waals surface area contributed by atoms with Gasteiger partial charge in [-0.05, 0) is 29.9 Å². The summed E-state index contributed by atoms with van der Waals surface area (Å²) in [5, 5.41) is 9.38. The van der Waals surface area contributed by atoms with Gasteiger partial charge in [-0.15, -0.1) is 0 Å². The molecule has 0 heterocycles. The normalized spacial score (nSPS) is 10.9. The van der Waals surface area contributed by atoms with E-state index in [9.17, 15) is 5.11 Å². The first-order valence-corrected chi connectivity index (χ1v) is 4.95. The molecule has 0 spiro atoms. The Morgan fingerprint density at radius 1 is 1.07 bits per heavy atom. The number of rotatable bonds is 1. The molecule has 1 rings (SSSR count). The summed E-state index contributed by atoms with van der Waals surface area (Å²) >= 11 is 0. The molecule has 0 saturated carbocycles. The van der Waals surface area contributed by atoms with Crippen molar-refractivity contribution in [2.24, 2.45) is 5.92 Å². The molecule has 1 aromatic rings. The van der Waals surface area contributed by atoms with Crippen molar-refractivity contribution in [1.29, 1.82) is 0 Å². The van der Waals surface area contributed by atoms with E-state index in [1.807, 2.05) is 44.2 Å². The average Bonchev–Trinajstić information content (AvgIpc) is 2.25. The van der Waals surface area contributed by atoms with Gasteiger partial charge < -0.3 is 5.11 Å². The van der Waals surface area contributed by atoms with E-state index in [1.165, 1.54) is 0 Å². The van der Waals surface area contributed by atoms with E-state index in [4.69, 9.17) is 0 Å². The Balaban J connectivity index is 2.61. The minimum Gasteiger partial charge on any atom is -0.380 e. The van der Waals surface area contributed by atoms with Gasteiger partial charge in [0, 0.05) is 5.56 Å². The summed E-state index contributed by atoms with van der Waals surface area (Å²) in [4.78, 5) is 0. The summed E-state index contributed by atoms with van der Waals surface area (Å²) in [6.45, 7) is 3.84. The van der Waals surface area contributed by atoms with Crippen LogP contribution in [0.2, 0.25) is 0 Å². The van der Waals surface area contributed by atoms with Crippen molar-refractivity contribution in [2.75, 3.05) is 0 Å². The molecule has 0 saturated heterocycles. The lowest BCUT2D eigenvalue weighted by atomic mass is 10.1. The highest BCUT2D eigenvalue weighted by Gasteiger charge is 2.02. The summed E-state index contributed by atoms with van der Waals surface area (Å²) < 4.78 is 0. The van der Waals surface area contributed by atoms with Gasteiger partial charge in [-0.2, -0.15) is 0 Å². The Labute approximate surface area is 91.1 Å². The van der Waals surface area contributed by atoms with Crippen LogP contribution in [0.25, 0.3) is 0 Å². The van der Waals surface area contributed by atoms with E-state index >= 15 is 0 Å². The Hall–Kier alpha value is -1.70. The molecule has 15 heavy (non-hydrogen) atoms. The van der Waals surface area contributed by atoms with Gasteiger partial charge in [0.25, 0.3) is 0 Å². The molecule has 0 aliphatic heterocycles. The van der Waals surface area contributed by atoms with Crippen LogP contribution in [0.3, 0.4) is 0 Å². The number of aliphatic hydroxyl groups is 1. The molecule has 0 radical (unpaired) electrons. The molecule has 1 nitrogen and oxygen atoms in total. The highest BCUT2D eigenvalue weighted by molar-refractivity contribution is 5.39. The third-order valence-corrected chi connectivity index (χ3v) is 1.89. The quantitative estimate of drug-likeness (QED) is 0.685. The largest absolute Gasteiger partial charge is 0.380 e. The monoisotopic (exact) mass is 198 g/mol. The minimum atomic E-state index is -0.588. The maximum Gasteiger partial charge on any atom is 0.118 e. The molecule has 1 aromatic carbocycles. The fourth-order valence-corrected chi connectivity index (χ4v) is 0.902. The molecule has 0 aliphatic rings. The standard InChI is InChI=1S/C14H14O/c1-12(2)14(15)11-7-6-10-13-8-4-3-5-9-13/h3-5,8-9,12,14-15H,1-2H3/t14-/m0/s1. The first-order valence-electron chi connectivity index (χ1n) is 4.95. The molecular weight excluding hydrogens is 184 g/mol. The summed E-state index contributed by atoms with van der Waals surface area (Å²) in [5.41, 5.74) is 0.936. The van der Waals surface area contributed by atoms with Crippen molar-refractivity contribution in [3.63, 3.8) is 0 Å². The summed E-state index contributed by atoms with van der Waals surface area (Å²) in [6, 6.07) is 9.65. The number of benzene rings is 1. The summed E-state index contributed by atoms with van der Waals surface area (Å²) in [6.07, 6.45) is -0.588. The predicted molar refractivity (Wildman–Crippen MR) is 61.9 cm³/mol. The third-order valence-electron chi connectivity index (χ3n) is 1.89. The van der Waals surface area contributed by atoms with Crippen LogP contribution in [-0.2, 0) is 0 Å². The summed E-state index contributed by atoms with van der Waals surface area (Å²) in [5.74, 6) is 11.1. The molecule has 0 aromatic heterocycles. The highest BCUT2D eigenvalue weighted by atomic mass is 16.3. The topological polar surface area (TPSA) is 20.2 Å². The maximum atomic E-state index is 9.38. The van der Waals surface area contributed by atoms with Crippen molar-refractivity contribution < 1.29 is 5.11 Å². The lowest BCUT2D eigenvalue weighted by Crippen LogP contribution is -2.10. The average molecular weight is 198 g/mol. The van der Waals surface area contributed by atoms with Crippen LogP contribution >= 0.6 is 0 Å². The zero-order valence-electron chi connectivity index (χ0n) is 8.99. The van der Waals surface area contributed by atoms with Gasteiger partial charge in [-0.25, -0.2) is 0 Å². The molecule has 1 atom stereocenters. The van der Waals surface area contributed by atoms with Crippen LogP contribution in [0.1, 0.15) is 19.4 Å². The van der Waals surface area contributed by atoms with E-state index < -0.39 is 6.10 Å². The smallest absolute Gasteiger partial charge is 0.118 e. The van der Waals surface area contributed by atoms with E-state index in [-0.39, 0.29) is 5.92 Å². The molecule has 0 fully saturated rings. The molecular formula is C14H14O. The van der Waals surface area contributed by atoms with Gasteiger partial charge in [0.2, 0.25) is 0 Å². The Bertz CT molecular complexity index is 409. The van der Waals surface area contributed by atoms with Crippen molar-refractivity contribution >= 4 is 0 Å². The second kappa shape index (κ2) is 5.91. The van der Waals surface area contributed by atoms with Crippen LogP contribution < -0.4 is 0 Å². The van der Waals surface area contributed by atoms with Crippen molar-refractivity contribution in [3.8, 4) is 23.7 Å². The first kappa shape index (κ1) is 11.4. The second-order valence-corrected chi connectivity index (χ2v) is 3.57. The molecule has 0 bridgehead atoms. The van der Waals surface area contributed by atoms with Crippen LogP contribution in [0.15, 0.2) is 30.3 Å². The van der Waals surface area contributed by atoms with E-state index in [2.05, 4.69) is 23.7 Å². The van der Waals surface area contributed by atoms with Gasteiger partial charge in [-0.1, -0.05) is 43.9 Å². The predicted octanol–water partition coefficient (Wildman–Crippen LogP) is 2.06. The van der Waals surface area contributed by atoms with Gasteiger partial charge in [0.15, 0.2) is 0 Å². The highest BCUT2D eigenvalue weighted by Crippen LogP contribution is 1.98. The third kappa shape index (κ3) is 4.36. The van der Waals surface area contributed by atoms with Crippen LogP contribution in [0.4, 0.5) is 0 Å². The molecule has 0 amide bonds. The van der Waals surface area contributed by atoms with E-state index in [0.29, 0.717) is 0 Å². The zero-order chi connectivity index (χ0) is 11.1. The minimum absolute atomic E-state index is 0.149. The van der Waals surface area contributed by atoms with Crippen molar-refractivity contribution in [2.45, 2.75) is 20.0 Å². The first-order chi connectivity index (χ1) is 7.20. The van der Waals surface area contributed by atoms with E-state index in [1.54, 1.807) is 0 Å². The fourth-order valence-electron chi connectivity index (χ4n) is 0.902. The van der Waals surface area contributed by atoms with Crippen molar-refractivity contribution in [3.05, 3.63) is 35.9 Å². The van der Waals surface area contributed by atoms with E-state index in [0.717, 1.165) is 5.56 Å². The lowest BCUT2D eigenvalue weighted by molar-refractivity contribution is 0.181. The fraction of sp³-hybridized carbons (Fsp3) is 0.286. The second-order valence-electron chi connectivity index (χ2n) is 3.57. The number of hydrogen-bond acceptors (Lipinski definition) is 1. The molecule has 0 aliphatic carbocycles. The lowest BCUT2D eigenvalue weighted by Gasteiger charge is -2.04. The maximum absolute atomic E-state index is 9.38. The number of hydrogen-bond donors (Lipinski definition) is 1. The molecule has 0 unspecified atom stereocenters.